The predicted molar refractivity (Wildman–Crippen MR) is 112 cm³/mol. The highest BCUT2D eigenvalue weighted by molar-refractivity contribution is 5.95. The number of nitrogens with one attached hydrogen (secondary N) is 2. The standard InChI is InChI=1S/C24H22F2N2O2/c25-18-4-8-21(9-5-18)30-22-10-6-20(7-11-22)28-24(29)23-14-17(15-27-23)12-16-2-1-3-19(26)13-16/h1-11,13,17,23,27H,12,14-15H2,(H,28,29)/t17-,23+/m1/s1. The number of carbonyl (C=O) groups excluding carboxylic acids is 1. The lowest BCUT2D eigenvalue weighted by atomic mass is 9.96. The lowest BCUT2D eigenvalue weighted by Crippen LogP contribution is -2.35. The van der Waals surface area contributed by atoms with Gasteiger partial charge in [-0.05, 0) is 91.5 Å². The summed E-state index contributed by atoms with van der Waals surface area (Å²) in [6.07, 6.45) is 1.44. The predicted octanol–water partition coefficient (Wildman–Crippen LogP) is 4.92. The van der Waals surface area contributed by atoms with Crippen LogP contribution in [-0.2, 0) is 11.2 Å². The molecule has 0 bridgehead atoms. The first-order valence-electron chi connectivity index (χ1n) is 9.87. The third-order valence-corrected chi connectivity index (χ3v) is 5.12. The van der Waals surface area contributed by atoms with Gasteiger partial charge in [-0.15, -0.1) is 0 Å². The smallest absolute Gasteiger partial charge is 0.241 e. The summed E-state index contributed by atoms with van der Waals surface area (Å²) in [4.78, 5) is 12.6. The summed E-state index contributed by atoms with van der Waals surface area (Å²) in [6, 6.07) is 19.1. The maximum atomic E-state index is 13.4. The fourth-order valence-corrected chi connectivity index (χ4v) is 3.64. The van der Waals surface area contributed by atoms with Crippen molar-refractivity contribution >= 4 is 11.6 Å². The molecule has 4 nitrogen and oxygen atoms in total. The molecule has 6 heteroatoms. The third kappa shape index (κ3) is 5.21. The molecule has 1 aliphatic heterocycles. The highest BCUT2D eigenvalue weighted by Crippen LogP contribution is 2.24. The van der Waals surface area contributed by atoms with E-state index in [1.807, 2.05) is 6.07 Å². The first kappa shape index (κ1) is 20.0. The van der Waals surface area contributed by atoms with E-state index in [-0.39, 0.29) is 29.5 Å². The Kier molecular flexibility index (Phi) is 6.05. The molecule has 1 saturated heterocycles. The van der Waals surface area contributed by atoms with Crippen LogP contribution in [0.5, 0.6) is 11.5 Å². The van der Waals surface area contributed by atoms with Crippen molar-refractivity contribution in [1.29, 1.82) is 0 Å². The van der Waals surface area contributed by atoms with Gasteiger partial charge in [-0.2, -0.15) is 0 Å². The monoisotopic (exact) mass is 408 g/mol. The first-order chi connectivity index (χ1) is 14.5. The van der Waals surface area contributed by atoms with Crippen molar-refractivity contribution in [3.05, 3.63) is 90.0 Å². The number of carbonyl (C=O) groups is 1. The average molecular weight is 408 g/mol. The molecule has 0 aromatic heterocycles. The number of benzene rings is 3. The Balaban J connectivity index is 1.29. The lowest BCUT2D eigenvalue weighted by molar-refractivity contribution is -0.117. The summed E-state index contributed by atoms with van der Waals surface area (Å²) in [5, 5.41) is 6.16. The van der Waals surface area contributed by atoms with Crippen molar-refractivity contribution in [3.8, 4) is 11.5 Å². The minimum atomic E-state index is -0.320. The molecule has 3 aromatic rings. The van der Waals surface area contributed by atoms with E-state index in [1.165, 1.54) is 18.2 Å². The van der Waals surface area contributed by atoms with Gasteiger partial charge in [-0.3, -0.25) is 4.79 Å². The van der Waals surface area contributed by atoms with Crippen LogP contribution in [0.1, 0.15) is 12.0 Å². The van der Waals surface area contributed by atoms with Gasteiger partial charge in [0.1, 0.15) is 23.1 Å². The zero-order valence-electron chi connectivity index (χ0n) is 16.3. The molecule has 3 aromatic carbocycles. The molecule has 30 heavy (non-hydrogen) atoms. The minimum absolute atomic E-state index is 0.0936. The molecule has 0 spiro atoms. The highest BCUT2D eigenvalue weighted by atomic mass is 19.1. The molecule has 0 aliphatic carbocycles. The number of hydrogen-bond acceptors (Lipinski definition) is 3. The van der Waals surface area contributed by atoms with Crippen LogP contribution in [0, 0.1) is 17.6 Å². The van der Waals surface area contributed by atoms with Crippen molar-refractivity contribution < 1.29 is 18.3 Å². The lowest BCUT2D eigenvalue weighted by Gasteiger charge is -2.12. The molecule has 4 rings (SSSR count). The van der Waals surface area contributed by atoms with Gasteiger partial charge < -0.3 is 15.4 Å². The zero-order chi connectivity index (χ0) is 20.9. The Morgan fingerprint density at radius 2 is 1.67 bits per heavy atom. The van der Waals surface area contributed by atoms with Crippen LogP contribution in [0.4, 0.5) is 14.5 Å². The first-order valence-corrected chi connectivity index (χ1v) is 9.87. The van der Waals surface area contributed by atoms with Crippen molar-refractivity contribution in [3.63, 3.8) is 0 Å². The van der Waals surface area contributed by atoms with Gasteiger partial charge in [-0.1, -0.05) is 12.1 Å². The van der Waals surface area contributed by atoms with Gasteiger partial charge in [0, 0.05) is 5.69 Å². The van der Waals surface area contributed by atoms with Crippen molar-refractivity contribution in [2.75, 3.05) is 11.9 Å². The SMILES string of the molecule is O=C(Nc1ccc(Oc2ccc(F)cc2)cc1)[C@@H]1C[C@@H](Cc2cccc(F)c2)CN1. The van der Waals surface area contributed by atoms with Crippen molar-refractivity contribution in [2.45, 2.75) is 18.9 Å². The fraction of sp³-hybridized carbons (Fsp3) is 0.208. The van der Waals surface area contributed by atoms with E-state index in [0.29, 0.717) is 23.6 Å². The summed E-state index contributed by atoms with van der Waals surface area (Å²) < 4.78 is 32.0. The van der Waals surface area contributed by atoms with Crippen LogP contribution in [0.3, 0.4) is 0 Å². The second-order valence-corrected chi connectivity index (χ2v) is 7.47. The third-order valence-electron chi connectivity index (χ3n) is 5.12. The molecule has 1 aliphatic rings. The van der Waals surface area contributed by atoms with E-state index in [2.05, 4.69) is 10.6 Å². The molecule has 2 N–H and O–H groups in total. The second-order valence-electron chi connectivity index (χ2n) is 7.47. The topological polar surface area (TPSA) is 50.4 Å². The van der Waals surface area contributed by atoms with Crippen LogP contribution < -0.4 is 15.4 Å². The second kappa shape index (κ2) is 9.05. The average Bonchev–Trinajstić information content (AvgIpc) is 3.20. The van der Waals surface area contributed by atoms with Gasteiger partial charge in [0.05, 0.1) is 6.04 Å². The fourth-order valence-electron chi connectivity index (χ4n) is 3.64. The van der Waals surface area contributed by atoms with Gasteiger partial charge in [0.25, 0.3) is 0 Å². The van der Waals surface area contributed by atoms with Gasteiger partial charge in [-0.25, -0.2) is 8.78 Å². The minimum Gasteiger partial charge on any atom is -0.457 e. The summed E-state index contributed by atoms with van der Waals surface area (Å²) in [7, 11) is 0. The Morgan fingerprint density at radius 3 is 2.37 bits per heavy atom. The molecule has 2 atom stereocenters. The van der Waals surface area contributed by atoms with E-state index in [0.717, 1.165) is 18.5 Å². The largest absolute Gasteiger partial charge is 0.457 e. The molecule has 1 heterocycles. The highest BCUT2D eigenvalue weighted by Gasteiger charge is 2.29. The van der Waals surface area contributed by atoms with Crippen LogP contribution in [0.15, 0.2) is 72.8 Å². The maximum absolute atomic E-state index is 13.4. The van der Waals surface area contributed by atoms with Crippen LogP contribution >= 0.6 is 0 Å². The van der Waals surface area contributed by atoms with Crippen LogP contribution in [0.25, 0.3) is 0 Å². The zero-order valence-corrected chi connectivity index (χ0v) is 16.3. The molecule has 0 saturated carbocycles. The van der Waals surface area contributed by atoms with E-state index in [1.54, 1.807) is 48.5 Å². The molecular weight excluding hydrogens is 386 g/mol. The summed E-state index contributed by atoms with van der Waals surface area (Å²) in [5.41, 5.74) is 1.61. The Morgan fingerprint density at radius 1 is 0.967 bits per heavy atom. The quantitative estimate of drug-likeness (QED) is 0.609. The number of halogens is 2. The van der Waals surface area contributed by atoms with Gasteiger partial charge in [0.15, 0.2) is 0 Å². The molecule has 1 fully saturated rings. The van der Waals surface area contributed by atoms with E-state index in [4.69, 9.17) is 4.74 Å². The van der Waals surface area contributed by atoms with Crippen LogP contribution in [0.2, 0.25) is 0 Å². The molecule has 0 radical (unpaired) electrons. The van der Waals surface area contributed by atoms with E-state index in [9.17, 15) is 13.6 Å². The van der Waals surface area contributed by atoms with Gasteiger partial charge in [0.2, 0.25) is 5.91 Å². The molecular formula is C24H22F2N2O2. The molecule has 1 amide bonds. The number of amides is 1. The summed E-state index contributed by atoms with van der Waals surface area (Å²) in [6.45, 7) is 0.721. The Bertz CT molecular complexity index is 1010. The van der Waals surface area contributed by atoms with Crippen molar-refractivity contribution in [2.24, 2.45) is 5.92 Å². The summed E-state index contributed by atoms with van der Waals surface area (Å²) >= 11 is 0. The van der Waals surface area contributed by atoms with Crippen molar-refractivity contribution in [1.82, 2.24) is 5.32 Å². The van der Waals surface area contributed by atoms with Crippen LogP contribution in [-0.4, -0.2) is 18.5 Å². The Labute approximate surface area is 173 Å². The number of anilines is 1. The van der Waals surface area contributed by atoms with Gasteiger partial charge >= 0.3 is 0 Å². The van der Waals surface area contributed by atoms with E-state index < -0.39 is 0 Å². The normalized spacial score (nSPS) is 18.2. The maximum Gasteiger partial charge on any atom is 0.241 e. The Hall–Kier alpha value is -3.25. The van der Waals surface area contributed by atoms with E-state index >= 15 is 0 Å². The summed E-state index contributed by atoms with van der Waals surface area (Å²) in [5.74, 6) is 0.762. The number of rotatable bonds is 6. The molecule has 154 valence electrons. The number of ether oxygens (including phenoxy) is 1. The number of hydrogen-bond donors (Lipinski definition) is 2. The molecule has 0 unspecified atom stereocenters.